The first-order chi connectivity index (χ1) is 9.06. The van der Waals surface area contributed by atoms with Gasteiger partial charge in [0.1, 0.15) is 10.3 Å². The molecule has 0 bridgehead atoms. The summed E-state index contributed by atoms with van der Waals surface area (Å²) >= 11 is 3.38. The highest BCUT2D eigenvalue weighted by Gasteiger charge is 2.14. The molecule has 1 aromatic carbocycles. The second-order valence-corrected chi connectivity index (χ2v) is 4.78. The fraction of sp³-hybridized carbons (Fsp3) is 0.0833. The van der Waals surface area contributed by atoms with Gasteiger partial charge >= 0.3 is 5.97 Å². The van der Waals surface area contributed by atoms with E-state index >= 15 is 0 Å². The Morgan fingerprint density at radius 2 is 2.21 bits per heavy atom. The lowest BCUT2D eigenvalue weighted by molar-refractivity contribution is 0.0652. The SMILES string of the molecule is Cn1nc(Br)c2ccc(-c3cc(C(=O)O)on3)cc21. The summed E-state index contributed by atoms with van der Waals surface area (Å²) in [6.07, 6.45) is 0. The second kappa shape index (κ2) is 4.20. The molecule has 0 saturated carbocycles. The van der Waals surface area contributed by atoms with Crippen LogP contribution in [-0.4, -0.2) is 26.0 Å². The van der Waals surface area contributed by atoms with Gasteiger partial charge in [-0.25, -0.2) is 4.79 Å². The van der Waals surface area contributed by atoms with Gasteiger partial charge in [-0.1, -0.05) is 11.2 Å². The van der Waals surface area contributed by atoms with Crippen LogP contribution in [0.5, 0.6) is 0 Å². The van der Waals surface area contributed by atoms with Gasteiger partial charge in [0.2, 0.25) is 5.76 Å². The van der Waals surface area contributed by atoms with Crippen molar-refractivity contribution in [2.45, 2.75) is 0 Å². The summed E-state index contributed by atoms with van der Waals surface area (Å²) in [5, 5.41) is 17.8. The van der Waals surface area contributed by atoms with Crippen molar-refractivity contribution >= 4 is 32.8 Å². The number of rotatable bonds is 2. The van der Waals surface area contributed by atoms with E-state index in [-0.39, 0.29) is 5.76 Å². The highest BCUT2D eigenvalue weighted by Crippen LogP contribution is 2.28. The van der Waals surface area contributed by atoms with Crippen LogP contribution in [0.3, 0.4) is 0 Å². The zero-order valence-corrected chi connectivity index (χ0v) is 11.4. The normalized spacial score (nSPS) is 11.1. The molecule has 0 saturated heterocycles. The van der Waals surface area contributed by atoms with Crippen LogP contribution in [0, 0.1) is 0 Å². The fourth-order valence-electron chi connectivity index (χ4n) is 1.88. The standard InChI is InChI=1S/C12H8BrN3O3/c1-16-9-4-6(2-3-7(9)11(13)14-16)8-5-10(12(17)18)19-15-8/h2-5H,1H3,(H,17,18). The van der Waals surface area contributed by atoms with Gasteiger partial charge in [0.25, 0.3) is 0 Å². The number of halogens is 1. The van der Waals surface area contributed by atoms with Crippen LogP contribution in [0.4, 0.5) is 0 Å². The van der Waals surface area contributed by atoms with Gasteiger partial charge in [0, 0.05) is 24.1 Å². The Morgan fingerprint density at radius 3 is 2.89 bits per heavy atom. The van der Waals surface area contributed by atoms with Crippen LogP contribution >= 0.6 is 15.9 Å². The maximum Gasteiger partial charge on any atom is 0.374 e. The van der Waals surface area contributed by atoms with E-state index < -0.39 is 5.97 Å². The minimum atomic E-state index is -1.14. The summed E-state index contributed by atoms with van der Waals surface area (Å²) in [6.45, 7) is 0. The Labute approximate surface area is 115 Å². The second-order valence-electron chi connectivity index (χ2n) is 4.03. The van der Waals surface area contributed by atoms with Crippen LogP contribution in [0.2, 0.25) is 0 Å². The van der Waals surface area contributed by atoms with Crippen LogP contribution < -0.4 is 0 Å². The first-order valence-corrected chi connectivity index (χ1v) is 6.18. The Balaban J connectivity index is 2.14. The Hall–Kier alpha value is -2.15. The number of hydrogen-bond donors (Lipinski definition) is 1. The van der Waals surface area contributed by atoms with Gasteiger partial charge in [0.15, 0.2) is 0 Å². The average molecular weight is 322 g/mol. The molecule has 2 aromatic heterocycles. The van der Waals surface area contributed by atoms with Crippen molar-refractivity contribution in [1.29, 1.82) is 0 Å². The topological polar surface area (TPSA) is 81.2 Å². The van der Waals surface area contributed by atoms with Crippen LogP contribution in [-0.2, 0) is 7.05 Å². The molecule has 0 atom stereocenters. The molecule has 3 aromatic rings. The Kier molecular flexibility index (Phi) is 2.63. The van der Waals surface area contributed by atoms with E-state index in [1.165, 1.54) is 6.07 Å². The minimum absolute atomic E-state index is 0.179. The van der Waals surface area contributed by atoms with E-state index in [9.17, 15) is 4.79 Å². The molecule has 0 aliphatic carbocycles. The van der Waals surface area contributed by atoms with Gasteiger partial charge in [-0.2, -0.15) is 5.10 Å². The number of fused-ring (bicyclic) bond motifs is 1. The molecule has 3 rings (SSSR count). The molecule has 6 nitrogen and oxygen atoms in total. The van der Waals surface area contributed by atoms with Gasteiger partial charge in [0.05, 0.1) is 5.52 Å². The summed E-state index contributed by atoms with van der Waals surface area (Å²) < 4.78 is 7.25. The molecule has 0 aliphatic heterocycles. The smallest absolute Gasteiger partial charge is 0.374 e. The zero-order valence-electron chi connectivity index (χ0n) is 9.79. The van der Waals surface area contributed by atoms with E-state index in [2.05, 4.69) is 26.2 Å². The van der Waals surface area contributed by atoms with E-state index in [0.29, 0.717) is 5.69 Å². The summed E-state index contributed by atoms with van der Waals surface area (Å²) in [7, 11) is 1.84. The van der Waals surface area contributed by atoms with Crippen molar-refractivity contribution in [3.63, 3.8) is 0 Å². The van der Waals surface area contributed by atoms with Gasteiger partial charge in [-0.05, 0) is 28.1 Å². The summed E-state index contributed by atoms with van der Waals surface area (Å²) in [6, 6.07) is 7.03. The summed E-state index contributed by atoms with van der Waals surface area (Å²) in [5.41, 5.74) is 2.18. The zero-order chi connectivity index (χ0) is 13.6. The molecular weight excluding hydrogens is 314 g/mol. The molecule has 7 heteroatoms. The number of carbonyl (C=O) groups is 1. The van der Waals surface area contributed by atoms with Gasteiger partial charge in [-0.3, -0.25) is 4.68 Å². The molecule has 0 spiro atoms. The van der Waals surface area contributed by atoms with Crippen molar-refractivity contribution in [1.82, 2.24) is 14.9 Å². The number of benzene rings is 1. The lowest BCUT2D eigenvalue weighted by Gasteiger charge is -1.97. The molecule has 0 unspecified atom stereocenters. The lowest BCUT2D eigenvalue weighted by atomic mass is 10.1. The van der Waals surface area contributed by atoms with Crippen LogP contribution in [0.25, 0.3) is 22.2 Å². The van der Waals surface area contributed by atoms with Crippen molar-refractivity contribution < 1.29 is 14.4 Å². The number of aryl methyl sites for hydroxylation is 1. The van der Waals surface area contributed by atoms with E-state index in [4.69, 9.17) is 9.63 Å². The Morgan fingerprint density at radius 1 is 1.42 bits per heavy atom. The number of carboxylic acid groups (broad SMARTS) is 1. The Bertz CT molecular complexity index is 791. The van der Waals surface area contributed by atoms with E-state index in [1.54, 1.807) is 4.68 Å². The van der Waals surface area contributed by atoms with Crippen molar-refractivity contribution in [2.24, 2.45) is 7.05 Å². The van der Waals surface area contributed by atoms with Gasteiger partial charge in [-0.15, -0.1) is 0 Å². The maximum atomic E-state index is 10.8. The molecule has 96 valence electrons. The largest absolute Gasteiger partial charge is 0.475 e. The third kappa shape index (κ3) is 1.91. The van der Waals surface area contributed by atoms with E-state index in [1.807, 2.05) is 25.2 Å². The minimum Gasteiger partial charge on any atom is -0.475 e. The molecule has 0 radical (unpaired) electrons. The molecule has 0 aliphatic rings. The molecule has 19 heavy (non-hydrogen) atoms. The summed E-state index contributed by atoms with van der Waals surface area (Å²) in [5.74, 6) is -1.32. The third-order valence-corrected chi connectivity index (χ3v) is 3.41. The first-order valence-electron chi connectivity index (χ1n) is 5.39. The average Bonchev–Trinajstić information content (AvgIpc) is 2.96. The number of aromatic carboxylic acids is 1. The van der Waals surface area contributed by atoms with Gasteiger partial charge < -0.3 is 9.63 Å². The van der Waals surface area contributed by atoms with Crippen molar-refractivity contribution in [3.05, 3.63) is 34.6 Å². The first kappa shape index (κ1) is 11.9. The number of aromatic nitrogens is 3. The molecule has 0 amide bonds. The number of hydrogen-bond acceptors (Lipinski definition) is 4. The highest BCUT2D eigenvalue weighted by molar-refractivity contribution is 9.10. The predicted molar refractivity (Wildman–Crippen MR) is 70.9 cm³/mol. The van der Waals surface area contributed by atoms with Crippen LogP contribution in [0.1, 0.15) is 10.6 Å². The molecule has 2 heterocycles. The third-order valence-electron chi connectivity index (χ3n) is 2.82. The fourth-order valence-corrected chi connectivity index (χ4v) is 2.46. The monoisotopic (exact) mass is 321 g/mol. The van der Waals surface area contributed by atoms with Crippen LogP contribution in [0.15, 0.2) is 33.4 Å². The van der Waals surface area contributed by atoms with E-state index in [0.717, 1.165) is 21.1 Å². The number of nitrogens with zero attached hydrogens (tertiary/aromatic N) is 3. The molecule has 1 N–H and O–H groups in total. The molecule has 0 fully saturated rings. The summed E-state index contributed by atoms with van der Waals surface area (Å²) in [4.78, 5) is 10.8. The quantitative estimate of drug-likeness (QED) is 0.784. The van der Waals surface area contributed by atoms with Crippen molar-refractivity contribution in [3.8, 4) is 11.3 Å². The number of carboxylic acids is 1. The maximum absolute atomic E-state index is 10.8. The highest BCUT2D eigenvalue weighted by atomic mass is 79.9. The predicted octanol–water partition coefficient (Wildman–Crippen LogP) is 2.69. The lowest BCUT2D eigenvalue weighted by Crippen LogP contribution is -1.91. The molecular formula is C12H8BrN3O3. The van der Waals surface area contributed by atoms with Crippen molar-refractivity contribution in [2.75, 3.05) is 0 Å².